The van der Waals surface area contributed by atoms with Crippen LogP contribution in [0, 0.1) is 5.92 Å². The Morgan fingerprint density at radius 3 is 2.50 bits per heavy atom. The van der Waals surface area contributed by atoms with E-state index in [1.54, 1.807) is 14.2 Å². The Hall–Kier alpha value is -0.120. The second-order valence-electron chi connectivity index (χ2n) is 3.32. The Morgan fingerprint density at radius 1 is 1.42 bits per heavy atom. The van der Waals surface area contributed by atoms with Crippen LogP contribution in [0.3, 0.4) is 0 Å². The first-order chi connectivity index (χ1) is 5.81. The largest absolute Gasteiger partial charge is 0.355 e. The summed E-state index contributed by atoms with van der Waals surface area (Å²) in [5.41, 5.74) is 0. The molecule has 0 bridgehead atoms. The topological polar surface area (TPSA) is 30.5 Å². The van der Waals surface area contributed by atoms with Gasteiger partial charge >= 0.3 is 0 Å². The standard InChI is InChI=1S/C9H19NO2/c1-4-7-5-8(7)10-6-9(11-2)12-3/h7-10H,4-6H2,1-3H3. The molecule has 1 fully saturated rings. The number of rotatable bonds is 6. The van der Waals surface area contributed by atoms with Gasteiger partial charge in [0.2, 0.25) is 0 Å². The van der Waals surface area contributed by atoms with Crippen LogP contribution in [-0.2, 0) is 9.47 Å². The van der Waals surface area contributed by atoms with Gasteiger partial charge in [-0.15, -0.1) is 0 Å². The van der Waals surface area contributed by atoms with E-state index in [-0.39, 0.29) is 6.29 Å². The Kier molecular flexibility index (Phi) is 3.98. The van der Waals surface area contributed by atoms with Crippen molar-refractivity contribution in [3.05, 3.63) is 0 Å². The molecule has 72 valence electrons. The van der Waals surface area contributed by atoms with E-state index in [0.29, 0.717) is 6.04 Å². The first-order valence-corrected chi connectivity index (χ1v) is 4.60. The minimum Gasteiger partial charge on any atom is -0.355 e. The first-order valence-electron chi connectivity index (χ1n) is 4.60. The van der Waals surface area contributed by atoms with Gasteiger partial charge in [0.1, 0.15) is 0 Å². The lowest BCUT2D eigenvalue weighted by Crippen LogP contribution is -2.31. The molecule has 1 saturated carbocycles. The summed E-state index contributed by atoms with van der Waals surface area (Å²) in [4.78, 5) is 0. The third-order valence-electron chi connectivity index (χ3n) is 2.52. The van der Waals surface area contributed by atoms with Gasteiger partial charge in [0, 0.05) is 26.8 Å². The number of hydrogen-bond donors (Lipinski definition) is 1. The Labute approximate surface area is 74.4 Å². The van der Waals surface area contributed by atoms with E-state index >= 15 is 0 Å². The molecule has 0 amide bonds. The van der Waals surface area contributed by atoms with Crippen LogP contribution < -0.4 is 5.32 Å². The van der Waals surface area contributed by atoms with Crippen molar-refractivity contribution in [2.45, 2.75) is 32.1 Å². The minimum atomic E-state index is -0.0943. The van der Waals surface area contributed by atoms with Crippen LogP contribution in [-0.4, -0.2) is 33.1 Å². The molecule has 0 saturated heterocycles. The van der Waals surface area contributed by atoms with E-state index < -0.39 is 0 Å². The zero-order chi connectivity index (χ0) is 8.97. The third kappa shape index (κ3) is 2.73. The zero-order valence-corrected chi connectivity index (χ0v) is 8.17. The molecule has 3 nitrogen and oxygen atoms in total. The molecular formula is C9H19NO2. The smallest absolute Gasteiger partial charge is 0.169 e. The van der Waals surface area contributed by atoms with Gasteiger partial charge in [-0.3, -0.25) is 0 Å². The van der Waals surface area contributed by atoms with Gasteiger partial charge in [-0.1, -0.05) is 13.3 Å². The van der Waals surface area contributed by atoms with Crippen LogP contribution >= 0.6 is 0 Å². The molecular weight excluding hydrogens is 154 g/mol. The predicted octanol–water partition coefficient (Wildman–Crippen LogP) is 0.993. The Morgan fingerprint density at radius 2 is 2.08 bits per heavy atom. The van der Waals surface area contributed by atoms with Gasteiger partial charge in [-0.05, 0) is 12.3 Å². The molecule has 0 spiro atoms. The minimum absolute atomic E-state index is 0.0943. The van der Waals surface area contributed by atoms with Crippen LogP contribution in [0.2, 0.25) is 0 Å². The van der Waals surface area contributed by atoms with Gasteiger partial charge in [-0.2, -0.15) is 0 Å². The summed E-state index contributed by atoms with van der Waals surface area (Å²) in [6.07, 6.45) is 2.50. The Bertz CT molecular complexity index is 126. The molecule has 0 aromatic carbocycles. The molecule has 0 aromatic rings. The lowest BCUT2D eigenvalue weighted by molar-refractivity contribution is -0.0990. The van der Waals surface area contributed by atoms with Gasteiger partial charge in [0.05, 0.1) is 0 Å². The van der Waals surface area contributed by atoms with E-state index in [2.05, 4.69) is 12.2 Å². The number of ether oxygens (including phenoxy) is 2. The van der Waals surface area contributed by atoms with Gasteiger partial charge in [0.15, 0.2) is 6.29 Å². The first kappa shape index (κ1) is 9.96. The maximum absolute atomic E-state index is 5.06. The number of methoxy groups -OCH3 is 2. The third-order valence-corrected chi connectivity index (χ3v) is 2.52. The molecule has 3 heteroatoms. The molecule has 1 aliphatic rings. The van der Waals surface area contributed by atoms with Gasteiger partial charge in [-0.25, -0.2) is 0 Å². The monoisotopic (exact) mass is 173 g/mol. The highest BCUT2D eigenvalue weighted by molar-refractivity contribution is 4.91. The van der Waals surface area contributed by atoms with Crippen molar-refractivity contribution in [2.24, 2.45) is 5.92 Å². The van der Waals surface area contributed by atoms with Crippen molar-refractivity contribution in [2.75, 3.05) is 20.8 Å². The highest BCUT2D eigenvalue weighted by Gasteiger charge is 2.34. The number of hydrogen-bond acceptors (Lipinski definition) is 3. The lowest BCUT2D eigenvalue weighted by atomic mass is 10.3. The molecule has 0 radical (unpaired) electrons. The SMILES string of the molecule is CCC1CC1NCC(OC)OC. The summed E-state index contributed by atoms with van der Waals surface area (Å²) in [7, 11) is 3.33. The van der Waals surface area contributed by atoms with Crippen molar-refractivity contribution in [1.82, 2.24) is 5.32 Å². The van der Waals surface area contributed by atoms with Gasteiger partial charge in [0.25, 0.3) is 0 Å². The van der Waals surface area contributed by atoms with Crippen molar-refractivity contribution in [1.29, 1.82) is 0 Å². The molecule has 2 atom stereocenters. The van der Waals surface area contributed by atoms with Crippen molar-refractivity contribution in [3.8, 4) is 0 Å². The summed E-state index contributed by atoms with van der Waals surface area (Å²) in [5, 5.41) is 3.41. The fraction of sp³-hybridized carbons (Fsp3) is 1.00. The van der Waals surface area contributed by atoms with Crippen molar-refractivity contribution in [3.63, 3.8) is 0 Å². The van der Waals surface area contributed by atoms with Crippen LogP contribution in [0.1, 0.15) is 19.8 Å². The fourth-order valence-corrected chi connectivity index (χ4v) is 1.46. The summed E-state index contributed by atoms with van der Waals surface area (Å²) in [5.74, 6) is 0.888. The quantitative estimate of drug-likeness (QED) is 0.608. The van der Waals surface area contributed by atoms with Crippen LogP contribution in [0.4, 0.5) is 0 Å². The fourth-order valence-electron chi connectivity index (χ4n) is 1.46. The van der Waals surface area contributed by atoms with Crippen LogP contribution in [0.25, 0.3) is 0 Å². The molecule has 2 unspecified atom stereocenters. The summed E-state index contributed by atoms with van der Waals surface area (Å²) < 4.78 is 10.1. The second-order valence-corrected chi connectivity index (χ2v) is 3.32. The van der Waals surface area contributed by atoms with Crippen LogP contribution in [0.15, 0.2) is 0 Å². The van der Waals surface area contributed by atoms with Gasteiger partial charge < -0.3 is 14.8 Å². The average Bonchev–Trinajstić information content (AvgIpc) is 2.85. The molecule has 12 heavy (non-hydrogen) atoms. The molecule has 1 N–H and O–H groups in total. The summed E-state index contributed by atoms with van der Waals surface area (Å²) in [6.45, 7) is 3.03. The molecule has 0 aliphatic heterocycles. The predicted molar refractivity (Wildman–Crippen MR) is 48.0 cm³/mol. The van der Waals surface area contributed by atoms with E-state index in [9.17, 15) is 0 Å². The molecule has 1 rings (SSSR count). The highest BCUT2D eigenvalue weighted by Crippen LogP contribution is 2.32. The van der Waals surface area contributed by atoms with Crippen LogP contribution in [0.5, 0.6) is 0 Å². The molecule has 1 aliphatic carbocycles. The van der Waals surface area contributed by atoms with E-state index in [1.807, 2.05) is 0 Å². The van der Waals surface area contributed by atoms with Crippen molar-refractivity contribution < 1.29 is 9.47 Å². The van der Waals surface area contributed by atoms with E-state index in [0.717, 1.165) is 12.5 Å². The summed E-state index contributed by atoms with van der Waals surface area (Å²) in [6, 6.07) is 0.711. The Balaban J connectivity index is 2.02. The lowest BCUT2D eigenvalue weighted by Gasteiger charge is -2.13. The summed E-state index contributed by atoms with van der Waals surface area (Å²) >= 11 is 0. The van der Waals surface area contributed by atoms with Crippen molar-refractivity contribution >= 4 is 0 Å². The van der Waals surface area contributed by atoms with E-state index in [4.69, 9.17) is 9.47 Å². The highest BCUT2D eigenvalue weighted by atomic mass is 16.7. The maximum Gasteiger partial charge on any atom is 0.169 e. The maximum atomic E-state index is 5.06. The molecule has 0 heterocycles. The average molecular weight is 173 g/mol. The molecule has 0 aromatic heterocycles. The zero-order valence-electron chi connectivity index (χ0n) is 8.17. The van der Waals surface area contributed by atoms with E-state index in [1.165, 1.54) is 12.8 Å². The second kappa shape index (κ2) is 4.80. The normalized spacial score (nSPS) is 28.0. The number of nitrogens with one attached hydrogen (secondary N) is 1.